The number of nitrogens with one attached hydrogen (secondary N) is 2. The Labute approximate surface area is 263 Å². The topological polar surface area (TPSA) is 106 Å². The molecule has 8 rings (SSSR count). The molecule has 45 heavy (non-hydrogen) atoms. The van der Waals surface area contributed by atoms with Gasteiger partial charge in [0.1, 0.15) is 5.65 Å². The Morgan fingerprint density at radius 1 is 1.02 bits per heavy atom. The van der Waals surface area contributed by atoms with E-state index in [2.05, 4.69) is 45.0 Å². The molecule has 0 radical (unpaired) electrons. The standard InChI is InChI=1S/C35H43N7O3/c1-22-27-8-7-24-18-30(42(31(24)38-27)14-6-4-3-5-10-35(11-12-35)34(44)37-22)32-39-28-19-26-23(17-29(28)40(32)2)9-15-41(33(26)43)20-25-21-45-16-13-36-25/h7-8,17-19,22,25,36H,3-6,9-16,20-21H2,1-2H3,(H,37,44)/t22-,25+/m1/s1. The molecule has 2 N–H and O–H groups in total. The average molecular weight is 610 g/mol. The number of carbonyl (C=O) groups excluding carboxylic acids is 2. The smallest absolute Gasteiger partial charge is 0.254 e. The molecule has 4 aromatic rings. The molecule has 1 saturated heterocycles. The third-order valence-electron chi connectivity index (χ3n) is 10.6. The number of carbonyl (C=O) groups is 2. The summed E-state index contributed by atoms with van der Waals surface area (Å²) >= 11 is 0. The molecule has 10 heteroatoms. The molecular weight excluding hydrogens is 566 g/mol. The number of pyridine rings is 1. The summed E-state index contributed by atoms with van der Waals surface area (Å²) in [5.74, 6) is 1.14. The van der Waals surface area contributed by atoms with Crippen LogP contribution < -0.4 is 10.6 Å². The molecule has 1 aromatic carbocycles. The summed E-state index contributed by atoms with van der Waals surface area (Å²) in [6, 6.07) is 10.5. The van der Waals surface area contributed by atoms with Gasteiger partial charge in [0.05, 0.1) is 41.7 Å². The van der Waals surface area contributed by atoms with Crippen LogP contribution in [0.15, 0.2) is 30.3 Å². The largest absolute Gasteiger partial charge is 0.378 e. The highest BCUT2D eigenvalue weighted by molar-refractivity contribution is 6.00. The maximum Gasteiger partial charge on any atom is 0.254 e. The van der Waals surface area contributed by atoms with Gasteiger partial charge in [0, 0.05) is 55.6 Å². The van der Waals surface area contributed by atoms with E-state index in [1.807, 2.05) is 24.0 Å². The van der Waals surface area contributed by atoms with Crippen molar-refractivity contribution in [2.45, 2.75) is 76.9 Å². The molecule has 3 aliphatic heterocycles. The maximum absolute atomic E-state index is 13.6. The highest BCUT2D eigenvalue weighted by atomic mass is 16.5. The summed E-state index contributed by atoms with van der Waals surface area (Å²) < 4.78 is 10.1. The number of amides is 2. The molecule has 6 heterocycles. The van der Waals surface area contributed by atoms with Gasteiger partial charge in [-0.2, -0.15) is 0 Å². The van der Waals surface area contributed by atoms with Crippen LogP contribution in [-0.4, -0.2) is 74.7 Å². The quantitative estimate of drug-likeness (QED) is 0.355. The number of imidazole rings is 1. The number of ether oxygens (including phenoxy) is 1. The number of aromatic nitrogens is 4. The van der Waals surface area contributed by atoms with Crippen LogP contribution in [0.4, 0.5) is 0 Å². The number of fused-ring (bicyclic) bond motifs is 3. The third-order valence-corrected chi connectivity index (χ3v) is 10.6. The first-order chi connectivity index (χ1) is 21.9. The second-order valence-electron chi connectivity index (χ2n) is 13.7. The van der Waals surface area contributed by atoms with Gasteiger partial charge in [-0.25, -0.2) is 9.97 Å². The Bertz CT molecular complexity index is 1800. The normalized spacial score (nSPS) is 23.8. The third kappa shape index (κ3) is 5.12. The first kappa shape index (κ1) is 28.7. The lowest BCUT2D eigenvalue weighted by Gasteiger charge is -2.33. The highest BCUT2D eigenvalue weighted by Crippen LogP contribution is 2.50. The zero-order valence-corrected chi connectivity index (χ0v) is 26.4. The number of rotatable bonds is 3. The highest BCUT2D eigenvalue weighted by Gasteiger charge is 2.49. The summed E-state index contributed by atoms with van der Waals surface area (Å²) in [6.07, 6.45) is 8.20. The summed E-state index contributed by atoms with van der Waals surface area (Å²) in [6.45, 7) is 6.44. The molecule has 236 valence electrons. The molecule has 0 unspecified atom stereocenters. The van der Waals surface area contributed by atoms with Crippen molar-refractivity contribution < 1.29 is 14.3 Å². The zero-order valence-electron chi connectivity index (χ0n) is 26.4. The van der Waals surface area contributed by atoms with Crippen molar-refractivity contribution in [2.24, 2.45) is 12.5 Å². The monoisotopic (exact) mass is 609 g/mol. The molecule has 3 aromatic heterocycles. The summed E-state index contributed by atoms with van der Waals surface area (Å²) in [5, 5.41) is 7.82. The van der Waals surface area contributed by atoms with Gasteiger partial charge in [0.25, 0.3) is 5.91 Å². The van der Waals surface area contributed by atoms with E-state index in [4.69, 9.17) is 14.7 Å². The van der Waals surface area contributed by atoms with Crippen molar-refractivity contribution in [3.8, 4) is 11.5 Å². The zero-order chi connectivity index (χ0) is 30.7. The van der Waals surface area contributed by atoms with Crippen LogP contribution in [0.2, 0.25) is 0 Å². The van der Waals surface area contributed by atoms with Gasteiger partial charge in [-0.15, -0.1) is 0 Å². The molecule has 2 amide bonds. The van der Waals surface area contributed by atoms with Crippen molar-refractivity contribution in [3.05, 3.63) is 47.2 Å². The van der Waals surface area contributed by atoms with Crippen LogP contribution in [0, 0.1) is 5.41 Å². The van der Waals surface area contributed by atoms with Gasteiger partial charge < -0.3 is 29.4 Å². The Morgan fingerprint density at radius 2 is 1.89 bits per heavy atom. The van der Waals surface area contributed by atoms with Crippen molar-refractivity contribution in [1.82, 2.24) is 34.6 Å². The summed E-state index contributed by atoms with van der Waals surface area (Å²) in [7, 11) is 2.07. The maximum atomic E-state index is 13.6. The fourth-order valence-electron chi connectivity index (χ4n) is 7.67. The Balaban J connectivity index is 1.15. The van der Waals surface area contributed by atoms with Crippen LogP contribution in [0.3, 0.4) is 0 Å². The molecular formula is C35H43N7O3. The van der Waals surface area contributed by atoms with Crippen molar-refractivity contribution in [2.75, 3.05) is 32.8 Å². The van der Waals surface area contributed by atoms with E-state index in [0.717, 1.165) is 121 Å². The number of benzene rings is 1. The molecule has 10 nitrogen and oxygen atoms in total. The van der Waals surface area contributed by atoms with Gasteiger partial charge in [-0.1, -0.05) is 19.3 Å². The fraction of sp³-hybridized carbons (Fsp3) is 0.543. The van der Waals surface area contributed by atoms with Crippen LogP contribution in [0.25, 0.3) is 33.6 Å². The Morgan fingerprint density at radius 3 is 2.71 bits per heavy atom. The minimum absolute atomic E-state index is 0.0746. The van der Waals surface area contributed by atoms with Gasteiger partial charge in [0.15, 0.2) is 5.82 Å². The van der Waals surface area contributed by atoms with Crippen LogP contribution >= 0.6 is 0 Å². The summed E-state index contributed by atoms with van der Waals surface area (Å²) in [4.78, 5) is 39.1. The fourth-order valence-corrected chi connectivity index (χ4v) is 7.67. The van der Waals surface area contributed by atoms with E-state index in [1.165, 1.54) is 0 Å². The van der Waals surface area contributed by atoms with Crippen LogP contribution in [0.1, 0.15) is 79.5 Å². The molecule has 2 bridgehead atoms. The van der Waals surface area contributed by atoms with E-state index in [-0.39, 0.29) is 29.3 Å². The molecule has 1 spiro atoms. The van der Waals surface area contributed by atoms with E-state index in [0.29, 0.717) is 19.7 Å². The Hall–Kier alpha value is -3.76. The lowest BCUT2D eigenvalue weighted by molar-refractivity contribution is -0.127. The van der Waals surface area contributed by atoms with Crippen LogP contribution in [0.5, 0.6) is 0 Å². The van der Waals surface area contributed by atoms with E-state index < -0.39 is 0 Å². The molecule has 4 aliphatic rings. The summed E-state index contributed by atoms with van der Waals surface area (Å²) in [5.41, 5.74) is 6.40. The van der Waals surface area contributed by atoms with Gasteiger partial charge >= 0.3 is 0 Å². The molecule has 1 saturated carbocycles. The van der Waals surface area contributed by atoms with Gasteiger partial charge in [-0.05, 0) is 74.9 Å². The first-order valence-corrected chi connectivity index (χ1v) is 16.8. The van der Waals surface area contributed by atoms with E-state index >= 15 is 0 Å². The lowest BCUT2D eigenvalue weighted by atomic mass is 9.96. The SMILES string of the molecule is C[C@H]1NC(=O)C2(CCCCCCn3c(-c4nc5cc6c(cc5n4C)CCN(C[C@H]4COCCN4)C6=O)cc4ccc1nc43)CC2. The average Bonchev–Trinajstić information content (AvgIpc) is 3.67. The van der Waals surface area contributed by atoms with Crippen molar-refractivity contribution in [1.29, 1.82) is 0 Å². The van der Waals surface area contributed by atoms with Gasteiger partial charge in [0.2, 0.25) is 5.91 Å². The predicted molar refractivity (Wildman–Crippen MR) is 173 cm³/mol. The number of morpholine rings is 1. The molecule has 2 atom stereocenters. The van der Waals surface area contributed by atoms with Crippen LogP contribution in [-0.2, 0) is 29.5 Å². The Kier molecular flexibility index (Phi) is 7.17. The van der Waals surface area contributed by atoms with Crippen molar-refractivity contribution in [3.63, 3.8) is 0 Å². The number of hydrogen-bond acceptors (Lipinski definition) is 6. The minimum Gasteiger partial charge on any atom is -0.378 e. The second-order valence-corrected chi connectivity index (χ2v) is 13.7. The molecule has 2 fully saturated rings. The number of hydrogen-bond donors (Lipinski definition) is 2. The number of nitrogens with zero attached hydrogens (tertiary/aromatic N) is 5. The minimum atomic E-state index is -0.158. The van der Waals surface area contributed by atoms with Gasteiger partial charge in [-0.3, -0.25) is 9.59 Å². The molecule has 1 aliphatic carbocycles. The van der Waals surface area contributed by atoms with E-state index in [9.17, 15) is 9.59 Å². The van der Waals surface area contributed by atoms with E-state index in [1.54, 1.807) is 0 Å². The lowest BCUT2D eigenvalue weighted by Crippen LogP contribution is -2.51. The van der Waals surface area contributed by atoms with Crippen molar-refractivity contribution >= 4 is 33.9 Å². The second kappa shape index (κ2) is 11.2. The number of aryl methyl sites for hydroxylation is 2. The predicted octanol–water partition coefficient (Wildman–Crippen LogP) is 4.50. The first-order valence-electron chi connectivity index (χ1n) is 16.8.